The predicted molar refractivity (Wildman–Crippen MR) is 83.1 cm³/mol. The second-order valence-corrected chi connectivity index (χ2v) is 5.20. The fourth-order valence-electron chi connectivity index (χ4n) is 2.51. The van der Waals surface area contributed by atoms with Gasteiger partial charge in [0, 0.05) is 11.6 Å². The van der Waals surface area contributed by atoms with E-state index in [4.69, 9.17) is 4.42 Å². The molecule has 0 saturated heterocycles. The molecule has 4 heteroatoms. The molecule has 0 fully saturated rings. The Bertz CT molecular complexity index is 721. The molecule has 4 nitrogen and oxygen atoms in total. The summed E-state index contributed by atoms with van der Waals surface area (Å²) < 4.78 is 6.10. The lowest BCUT2D eigenvalue weighted by molar-refractivity contribution is 0.467. The molecule has 3 aromatic rings. The molecule has 108 valence electrons. The van der Waals surface area contributed by atoms with Crippen LogP contribution in [0.15, 0.2) is 47.1 Å². The third kappa shape index (κ3) is 2.81. The molecule has 2 heterocycles. The maximum atomic E-state index is 6.10. The molecule has 0 bridgehead atoms. The molecule has 2 aromatic heterocycles. The number of hydrogen-bond donors (Lipinski definition) is 1. The minimum Gasteiger partial charge on any atom is -0.459 e. The van der Waals surface area contributed by atoms with E-state index in [0.717, 1.165) is 40.8 Å². The van der Waals surface area contributed by atoms with Gasteiger partial charge in [-0.2, -0.15) is 10.2 Å². The molecule has 3 rings (SSSR count). The molecule has 21 heavy (non-hydrogen) atoms. The number of para-hydroxylation sites is 1. The number of aryl methyl sites for hydroxylation is 1. The summed E-state index contributed by atoms with van der Waals surface area (Å²) >= 11 is 0. The Morgan fingerprint density at radius 2 is 2.14 bits per heavy atom. The molecule has 1 unspecified atom stereocenters. The van der Waals surface area contributed by atoms with Crippen molar-refractivity contribution >= 4 is 11.0 Å². The summed E-state index contributed by atoms with van der Waals surface area (Å²) in [6.45, 7) is 5.14. The Labute approximate surface area is 124 Å². The average molecular weight is 281 g/mol. The van der Waals surface area contributed by atoms with Crippen LogP contribution in [0.25, 0.3) is 11.0 Å². The van der Waals surface area contributed by atoms with Gasteiger partial charge in [-0.15, -0.1) is 0 Å². The van der Waals surface area contributed by atoms with Gasteiger partial charge in [0.2, 0.25) is 0 Å². The highest BCUT2D eigenvalue weighted by Gasteiger charge is 2.18. The summed E-state index contributed by atoms with van der Waals surface area (Å²) in [7, 11) is 0. The van der Waals surface area contributed by atoms with Crippen LogP contribution in [0.5, 0.6) is 0 Å². The Kier molecular flexibility index (Phi) is 3.97. The van der Waals surface area contributed by atoms with Crippen molar-refractivity contribution in [3.8, 4) is 0 Å². The fraction of sp³-hybridized carbons (Fsp3) is 0.294. The highest BCUT2D eigenvalue weighted by Crippen LogP contribution is 2.29. The van der Waals surface area contributed by atoms with Gasteiger partial charge >= 0.3 is 0 Å². The van der Waals surface area contributed by atoms with Crippen LogP contribution in [0, 0.1) is 6.92 Å². The van der Waals surface area contributed by atoms with Crippen molar-refractivity contribution in [3.63, 3.8) is 0 Å². The van der Waals surface area contributed by atoms with Crippen molar-refractivity contribution in [2.24, 2.45) is 0 Å². The van der Waals surface area contributed by atoms with E-state index in [9.17, 15) is 0 Å². The van der Waals surface area contributed by atoms with Gasteiger partial charge in [-0.25, -0.2) is 0 Å². The molecule has 0 saturated carbocycles. The normalized spacial score (nSPS) is 12.7. The molecule has 0 radical (unpaired) electrons. The number of hydrogen-bond acceptors (Lipinski definition) is 4. The Morgan fingerprint density at radius 1 is 1.24 bits per heavy atom. The van der Waals surface area contributed by atoms with Gasteiger partial charge in [0.1, 0.15) is 11.3 Å². The second kappa shape index (κ2) is 6.06. The van der Waals surface area contributed by atoms with Crippen LogP contribution in [-0.4, -0.2) is 16.7 Å². The Morgan fingerprint density at radius 3 is 2.86 bits per heavy atom. The number of benzene rings is 1. The largest absolute Gasteiger partial charge is 0.459 e. The van der Waals surface area contributed by atoms with E-state index in [1.54, 1.807) is 12.4 Å². The molecule has 1 aromatic carbocycles. The highest BCUT2D eigenvalue weighted by molar-refractivity contribution is 5.81. The molecule has 0 aliphatic rings. The van der Waals surface area contributed by atoms with Crippen LogP contribution in [0.3, 0.4) is 0 Å². The molecule has 1 atom stereocenters. The Hall–Kier alpha value is -2.20. The van der Waals surface area contributed by atoms with Gasteiger partial charge < -0.3 is 9.73 Å². The first-order valence-electron chi connectivity index (χ1n) is 7.28. The van der Waals surface area contributed by atoms with Crippen LogP contribution in [0.4, 0.5) is 0 Å². The van der Waals surface area contributed by atoms with Crippen LogP contribution in [0.1, 0.15) is 36.3 Å². The topological polar surface area (TPSA) is 51.0 Å². The van der Waals surface area contributed by atoms with Crippen LogP contribution in [-0.2, 0) is 0 Å². The molecule has 0 aliphatic heterocycles. The molecule has 1 N–H and O–H groups in total. The number of furan rings is 1. The Balaban J connectivity index is 2.03. The zero-order valence-corrected chi connectivity index (χ0v) is 12.3. The molecular formula is C17H19N3O. The lowest BCUT2D eigenvalue weighted by atomic mass is 10.1. The van der Waals surface area contributed by atoms with Crippen molar-refractivity contribution in [2.75, 3.05) is 6.54 Å². The standard InChI is InChI=1S/C17H19N3O/c1-3-8-18-16(14-7-9-19-20-11-14)15-10-13-6-4-5-12(2)17(13)21-15/h4-7,9-11,16,18H,3,8H2,1-2H3. The van der Waals surface area contributed by atoms with Crippen LogP contribution >= 0.6 is 0 Å². The summed E-state index contributed by atoms with van der Waals surface area (Å²) in [5.74, 6) is 0.917. The highest BCUT2D eigenvalue weighted by atomic mass is 16.3. The first-order valence-corrected chi connectivity index (χ1v) is 7.28. The van der Waals surface area contributed by atoms with E-state index in [1.807, 2.05) is 6.07 Å². The monoisotopic (exact) mass is 281 g/mol. The number of fused-ring (bicyclic) bond motifs is 1. The third-order valence-electron chi connectivity index (χ3n) is 3.58. The zero-order chi connectivity index (χ0) is 14.7. The van der Waals surface area contributed by atoms with E-state index in [0.29, 0.717) is 0 Å². The summed E-state index contributed by atoms with van der Waals surface area (Å²) in [4.78, 5) is 0. The lowest BCUT2D eigenvalue weighted by Gasteiger charge is -2.15. The van der Waals surface area contributed by atoms with Crippen molar-refractivity contribution in [1.82, 2.24) is 15.5 Å². The van der Waals surface area contributed by atoms with E-state index in [-0.39, 0.29) is 6.04 Å². The number of aromatic nitrogens is 2. The van der Waals surface area contributed by atoms with Crippen molar-refractivity contribution in [3.05, 3.63) is 59.6 Å². The third-order valence-corrected chi connectivity index (χ3v) is 3.58. The van der Waals surface area contributed by atoms with Gasteiger partial charge in [0.15, 0.2) is 0 Å². The van der Waals surface area contributed by atoms with E-state index in [1.165, 1.54) is 0 Å². The van der Waals surface area contributed by atoms with Crippen molar-refractivity contribution in [1.29, 1.82) is 0 Å². The molecule has 0 amide bonds. The predicted octanol–water partition coefficient (Wildman–Crippen LogP) is 3.62. The van der Waals surface area contributed by atoms with Crippen molar-refractivity contribution in [2.45, 2.75) is 26.3 Å². The van der Waals surface area contributed by atoms with Gasteiger partial charge in [0.05, 0.1) is 12.2 Å². The smallest absolute Gasteiger partial charge is 0.137 e. The number of nitrogens with one attached hydrogen (secondary N) is 1. The second-order valence-electron chi connectivity index (χ2n) is 5.20. The van der Waals surface area contributed by atoms with Gasteiger partial charge in [-0.05, 0) is 43.1 Å². The van der Waals surface area contributed by atoms with E-state index >= 15 is 0 Å². The fourth-order valence-corrected chi connectivity index (χ4v) is 2.51. The van der Waals surface area contributed by atoms with E-state index in [2.05, 4.69) is 53.6 Å². The van der Waals surface area contributed by atoms with Gasteiger partial charge in [-0.3, -0.25) is 0 Å². The molecule has 0 aliphatic carbocycles. The summed E-state index contributed by atoms with van der Waals surface area (Å²) in [6, 6.07) is 10.3. The maximum absolute atomic E-state index is 6.10. The van der Waals surface area contributed by atoms with Crippen LogP contribution in [0.2, 0.25) is 0 Å². The number of nitrogens with zero attached hydrogens (tertiary/aromatic N) is 2. The first kappa shape index (κ1) is 13.8. The molecule has 0 spiro atoms. The van der Waals surface area contributed by atoms with E-state index < -0.39 is 0 Å². The quantitative estimate of drug-likeness (QED) is 0.776. The zero-order valence-electron chi connectivity index (χ0n) is 12.3. The van der Waals surface area contributed by atoms with Gasteiger partial charge in [-0.1, -0.05) is 25.1 Å². The minimum absolute atomic E-state index is 0.00671. The summed E-state index contributed by atoms with van der Waals surface area (Å²) in [5, 5.41) is 12.5. The lowest BCUT2D eigenvalue weighted by Crippen LogP contribution is -2.22. The number of rotatable bonds is 5. The summed E-state index contributed by atoms with van der Waals surface area (Å²) in [6.07, 6.45) is 4.56. The average Bonchev–Trinajstić information content (AvgIpc) is 2.94. The summed E-state index contributed by atoms with van der Waals surface area (Å²) in [5.41, 5.74) is 3.17. The first-order chi connectivity index (χ1) is 10.3. The SMILES string of the molecule is CCCNC(c1ccnnc1)c1cc2cccc(C)c2o1. The minimum atomic E-state index is 0.00671. The van der Waals surface area contributed by atoms with Gasteiger partial charge in [0.25, 0.3) is 0 Å². The molecular weight excluding hydrogens is 262 g/mol. The van der Waals surface area contributed by atoms with Crippen LogP contribution < -0.4 is 5.32 Å². The van der Waals surface area contributed by atoms with Crippen molar-refractivity contribution < 1.29 is 4.42 Å². The maximum Gasteiger partial charge on any atom is 0.137 e.